The van der Waals surface area contributed by atoms with Gasteiger partial charge in [-0.15, -0.1) is 0 Å². The second-order valence-electron chi connectivity index (χ2n) is 4.68. The predicted molar refractivity (Wildman–Crippen MR) is 67.0 cm³/mol. The number of hydrogen-bond acceptors (Lipinski definition) is 0. The molecule has 0 saturated heterocycles. The van der Waals surface area contributed by atoms with Crippen LogP contribution in [-0.4, -0.2) is 0 Å². The van der Waals surface area contributed by atoms with Crippen LogP contribution in [0.25, 0.3) is 6.08 Å². The van der Waals surface area contributed by atoms with Gasteiger partial charge in [0, 0.05) is 6.42 Å². The number of benzene rings is 1. The molecule has 1 aromatic rings. The lowest BCUT2D eigenvalue weighted by molar-refractivity contribution is 0.861. The summed E-state index contributed by atoms with van der Waals surface area (Å²) in [7, 11) is 0. The van der Waals surface area contributed by atoms with Crippen molar-refractivity contribution in [1.82, 2.24) is 0 Å². The second-order valence-corrected chi connectivity index (χ2v) is 4.68. The van der Waals surface area contributed by atoms with E-state index in [1.165, 1.54) is 27.8 Å². The smallest absolute Gasteiger partial charge is 0.0164 e. The minimum absolute atomic E-state index is 0.611. The molecule has 79 valence electrons. The number of allylic oxidation sites excluding steroid dienone is 1. The fourth-order valence-electron chi connectivity index (χ4n) is 2.34. The summed E-state index contributed by atoms with van der Waals surface area (Å²) >= 11 is 0. The highest BCUT2D eigenvalue weighted by atomic mass is 14.2. The molecule has 0 unspecified atom stereocenters. The van der Waals surface area contributed by atoms with Gasteiger partial charge >= 0.3 is 0 Å². The van der Waals surface area contributed by atoms with Crippen LogP contribution in [0.15, 0.2) is 17.7 Å². The van der Waals surface area contributed by atoms with E-state index in [2.05, 4.69) is 52.3 Å². The molecule has 0 fully saturated rings. The van der Waals surface area contributed by atoms with Gasteiger partial charge in [0.25, 0.3) is 0 Å². The Balaban J connectivity index is 2.59. The van der Waals surface area contributed by atoms with Crippen LogP contribution in [0, 0.1) is 6.42 Å². The van der Waals surface area contributed by atoms with Crippen molar-refractivity contribution in [3.05, 3.63) is 46.4 Å². The number of hydrogen-bond donors (Lipinski definition) is 0. The molecule has 0 aromatic heterocycles. The zero-order chi connectivity index (χ0) is 11.0. The summed E-state index contributed by atoms with van der Waals surface area (Å²) in [6, 6.07) is 4.59. The molecule has 1 aromatic carbocycles. The molecule has 15 heavy (non-hydrogen) atoms. The van der Waals surface area contributed by atoms with Crippen molar-refractivity contribution in [2.75, 3.05) is 0 Å². The van der Waals surface area contributed by atoms with E-state index in [4.69, 9.17) is 0 Å². The van der Waals surface area contributed by atoms with E-state index in [-0.39, 0.29) is 0 Å². The Labute approximate surface area is 93.0 Å². The van der Waals surface area contributed by atoms with E-state index < -0.39 is 0 Å². The van der Waals surface area contributed by atoms with Crippen LogP contribution in [-0.2, 0) is 6.42 Å². The highest BCUT2D eigenvalue weighted by Gasteiger charge is 2.18. The molecule has 0 atom stereocenters. The van der Waals surface area contributed by atoms with E-state index >= 15 is 0 Å². The quantitative estimate of drug-likeness (QED) is 0.664. The van der Waals surface area contributed by atoms with Crippen LogP contribution >= 0.6 is 0 Å². The normalized spacial score (nSPS) is 14.3. The van der Waals surface area contributed by atoms with Gasteiger partial charge in [0.05, 0.1) is 0 Å². The molecule has 0 heteroatoms. The maximum atomic E-state index is 2.32. The molecule has 0 amide bonds. The average molecular weight is 199 g/mol. The van der Waals surface area contributed by atoms with Gasteiger partial charge < -0.3 is 0 Å². The molecule has 0 N–H and O–H groups in total. The molecule has 1 aliphatic rings. The lowest BCUT2D eigenvalue weighted by Gasteiger charge is -2.14. The summed E-state index contributed by atoms with van der Waals surface area (Å²) in [6.45, 7) is 8.95. The average Bonchev–Trinajstić information content (AvgIpc) is 2.56. The van der Waals surface area contributed by atoms with E-state index in [1.54, 1.807) is 0 Å². The van der Waals surface area contributed by atoms with Crippen LogP contribution in [0.4, 0.5) is 0 Å². The van der Waals surface area contributed by atoms with Gasteiger partial charge in [0.15, 0.2) is 0 Å². The van der Waals surface area contributed by atoms with Crippen molar-refractivity contribution in [1.29, 1.82) is 0 Å². The molecular formula is C15H19. The molecule has 0 aliphatic heterocycles. The third-order valence-electron chi connectivity index (χ3n) is 3.16. The monoisotopic (exact) mass is 199 g/mol. The lowest BCUT2D eigenvalue weighted by atomic mass is 9.91. The molecule has 1 aliphatic carbocycles. The van der Waals surface area contributed by atoms with E-state index in [0.29, 0.717) is 5.92 Å². The SMILES string of the molecule is CCc1ccc(C(C)C)c2c1[CH]C(C)=C2. The molecule has 0 saturated carbocycles. The van der Waals surface area contributed by atoms with Gasteiger partial charge in [0.1, 0.15) is 0 Å². The fourth-order valence-corrected chi connectivity index (χ4v) is 2.34. The zero-order valence-electron chi connectivity index (χ0n) is 10.1. The Morgan fingerprint density at radius 3 is 2.47 bits per heavy atom. The van der Waals surface area contributed by atoms with E-state index in [1.807, 2.05) is 0 Å². The van der Waals surface area contributed by atoms with Crippen LogP contribution < -0.4 is 0 Å². The van der Waals surface area contributed by atoms with Gasteiger partial charge in [0.2, 0.25) is 0 Å². The maximum absolute atomic E-state index is 2.32. The third kappa shape index (κ3) is 1.73. The first-order chi connectivity index (χ1) is 7.13. The Hall–Kier alpha value is -1.04. The maximum Gasteiger partial charge on any atom is 0.0164 e. The highest BCUT2D eigenvalue weighted by Crippen LogP contribution is 2.35. The first kappa shape index (κ1) is 10.5. The zero-order valence-corrected chi connectivity index (χ0v) is 10.1. The van der Waals surface area contributed by atoms with Gasteiger partial charge in [-0.25, -0.2) is 0 Å². The Morgan fingerprint density at radius 2 is 1.87 bits per heavy atom. The van der Waals surface area contributed by atoms with Crippen molar-refractivity contribution >= 4 is 6.08 Å². The van der Waals surface area contributed by atoms with E-state index in [9.17, 15) is 0 Å². The van der Waals surface area contributed by atoms with Gasteiger partial charge in [-0.3, -0.25) is 0 Å². The topological polar surface area (TPSA) is 0 Å². The van der Waals surface area contributed by atoms with Crippen LogP contribution in [0.3, 0.4) is 0 Å². The third-order valence-corrected chi connectivity index (χ3v) is 3.16. The van der Waals surface area contributed by atoms with Gasteiger partial charge in [-0.05, 0) is 41.5 Å². The Bertz CT molecular complexity index is 408. The Morgan fingerprint density at radius 1 is 1.13 bits per heavy atom. The molecule has 1 radical (unpaired) electrons. The van der Waals surface area contributed by atoms with Crippen molar-refractivity contribution in [3.8, 4) is 0 Å². The van der Waals surface area contributed by atoms with Crippen LogP contribution in [0.5, 0.6) is 0 Å². The van der Waals surface area contributed by atoms with Gasteiger partial charge in [-0.2, -0.15) is 0 Å². The fraction of sp³-hybridized carbons (Fsp3) is 0.400. The van der Waals surface area contributed by atoms with Crippen LogP contribution in [0.1, 0.15) is 55.9 Å². The first-order valence-electron chi connectivity index (χ1n) is 5.82. The molecule has 2 rings (SSSR count). The van der Waals surface area contributed by atoms with Crippen molar-refractivity contribution < 1.29 is 0 Å². The Kier molecular flexibility index (Phi) is 2.68. The molecule has 0 bridgehead atoms. The summed E-state index contributed by atoms with van der Waals surface area (Å²) in [4.78, 5) is 0. The minimum atomic E-state index is 0.611. The predicted octanol–water partition coefficient (Wildman–Crippen LogP) is 4.34. The molecule has 0 nitrogen and oxygen atoms in total. The summed E-state index contributed by atoms with van der Waals surface area (Å²) in [5.41, 5.74) is 7.26. The second kappa shape index (κ2) is 3.84. The van der Waals surface area contributed by atoms with Crippen LogP contribution in [0.2, 0.25) is 0 Å². The summed E-state index contributed by atoms with van der Waals surface area (Å²) in [5, 5.41) is 0. The summed E-state index contributed by atoms with van der Waals surface area (Å²) < 4.78 is 0. The number of fused-ring (bicyclic) bond motifs is 1. The summed E-state index contributed by atoms with van der Waals surface area (Å²) in [5.74, 6) is 0.611. The minimum Gasteiger partial charge on any atom is -0.0642 e. The lowest BCUT2D eigenvalue weighted by Crippen LogP contribution is -1.97. The van der Waals surface area contributed by atoms with E-state index in [0.717, 1.165) is 6.42 Å². The standard InChI is InChI=1S/C15H19/c1-5-12-6-7-13(10(2)3)15-9-11(4)8-14(12)15/h6-10H,5H2,1-4H3. The number of rotatable bonds is 2. The summed E-state index contributed by atoms with van der Waals surface area (Å²) in [6.07, 6.45) is 5.77. The first-order valence-corrected chi connectivity index (χ1v) is 5.82. The largest absolute Gasteiger partial charge is 0.0642 e. The number of aryl methyl sites for hydroxylation is 1. The van der Waals surface area contributed by atoms with Gasteiger partial charge in [-0.1, -0.05) is 44.6 Å². The molecular weight excluding hydrogens is 180 g/mol. The van der Waals surface area contributed by atoms with Crippen molar-refractivity contribution in [2.45, 2.75) is 40.0 Å². The van der Waals surface area contributed by atoms with Crippen molar-refractivity contribution in [3.63, 3.8) is 0 Å². The molecule has 0 spiro atoms. The highest BCUT2D eigenvalue weighted by molar-refractivity contribution is 5.73. The van der Waals surface area contributed by atoms with Crippen molar-refractivity contribution in [2.24, 2.45) is 0 Å². The molecule has 0 heterocycles.